The van der Waals surface area contributed by atoms with Crippen LogP contribution in [-0.2, 0) is 28.7 Å². The minimum Gasteiger partial charge on any atom is -0.468 e. The summed E-state index contributed by atoms with van der Waals surface area (Å²) in [5, 5.41) is 9.30. The van der Waals surface area contributed by atoms with E-state index in [2.05, 4.69) is 111 Å². The number of ether oxygens (including phenoxy) is 2. The molecule has 0 aromatic heterocycles. The molecular formula is C34H43N3O6PS2+. The minimum absolute atomic E-state index is 0.0516. The summed E-state index contributed by atoms with van der Waals surface area (Å²) in [6.07, 6.45) is 3.04. The van der Waals surface area contributed by atoms with Crippen molar-refractivity contribution < 1.29 is 28.7 Å². The summed E-state index contributed by atoms with van der Waals surface area (Å²) in [7, 11) is 3.70. The maximum absolute atomic E-state index is 12.8. The molecule has 0 bridgehead atoms. The fraction of sp³-hybridized carbons (Fsp3) is 0.353. The number of carbonyl (C=O) groups is 4. The summed E-state index contributed by atoms with van der Waals surface area (Å²) in [5.74, 6) is -0.964. The van der Waals surface area contributed by atoms with Crippen molar-refractivity contribution in [3.05, 3.63) is 91.0 Å². The lowest BCUT2D eigenvalue weighted by Gasteiger charge is -2.27. The third-order valence-electron chi connectivity index (χ3n) is 7.35. The van der Waals surface area contributed by atoms with Gasteiger partial charge in [0.25, 0.3) is 0 Å². The van der Waals surface area contributed by atoms with E-state index in [9.17, 15) is 19.2 Å². The van der Waals surface area contributed by atoms with Gasteiger partial charge in [0.05, 0.1) is 20.4 Å². The van der Waals surface area contributed by atoms with Crippen LogP contribution in [0.15, 0.2) is 91.0 Å². The summed E-state index contributed by atoms with van der Waals surface area (Å²) in [6, 6.07) is 30.6. The number of hydrogen-bond acceptors (Lipinski definition) is 9. The van der Waals surface area contributed by atoms with Crippen LogP contribution in [-0.4, -0.2) is 74.3 Å². The molecule has 0 saturated carbocycles. The van der Waals surface area contributed by atoms with Crippen molar-refractivity contribution >= 4 is 68.5 Å². The Balaban J connectivity index is 1.60. The largest absolute Gasteiger partial charge is 0.468 e. The Morgan fingerprint density at radius 3 is 1.83 bits per heavy atom. The van der Waals surface area contributed by atoms with Gasteiger partial charge < -0.3 is 25.8 Å². The van der Waals surface area contributed by atoms with Crippen LogP contribution >= 0.6 is 28.9 Å². The summed E-state index contributed by atoms with van der Waals surface area (Å²) in [5.41, 5.74) is 5.74. The Kier molecular flexibility index (Phi) is 16.1. The van der Waals surface area contributed by atoms with E-state index in [0.29, 0.717) is 5.75 Å². The smallest absolute Gasteiger partial charge is 0.325 e. The second-order valence-corrected chi connectivity index (χ2v) is 16.7. The van der Waals surface area contributed by atoms with E-state index in [0.717, 1.165) is 24.8 Å². The molecule has 9 nitrogen and oxygen atoms in total. The van der Waals surface area contributed by atoms with Crippen LogP contribution in [0, 0.1) is 0 Å². The number of rotatable bonds is 19. The first-order valence-electron chi connectivity index (χ1n) is 15.1. The van der Waals surface area contributed by atoms with Crippen LogP contribution in [0.4, 0.5) is 0 Å². The van der Waals surface area contributed by atoms with E-state index >= 15 is 0 Å². The molecule has 3 aromatic rings. The van der Waals surface area contributed by atoms with Gasteiger partial charge in [-0.1, -0.05) is 76.2 Å². The maximum Gasteiger partial charge on any atom is 0.325 e. The second-order valence-electron chi connectivity index (χ2n) is 10.4. The lowest BCUT2D eigenvalue weighted by molar-refractivity contribution is -0.142. The quantitative estimate of drug-likeness (QED) is 0.0753. The highest BCUT2D eigenvalue weighted by atomic mass is 33.1. The summed E-state index contributed by atoms with van der Waals surface area (Å²) < 4.78 is 9.20. The highest BCUT2D eigenvalue weighted by Crippen LogP contribution is 2.56. The first kappa shape index (κ1) is 37.1. The monoisotopic (exact) mass is 684 g/mol. The second kappa shape index (κ2) is 20.0. The van der Waals surface area contributed by atoms with Crippen LogP contribution in [0.1, 0.15) is 25.7 Å². The van der Waals surface area contributed by atoms with Crippen molar-refractivity contribution in [1.29, 1.82) is 0 Å². The maximum atomic E-state index is 12.8. The van der Waals surface area contributed by atoms with Gasteiger partial charge in [0.15, 0.2) is 0 Å². The van der Waals surface area contributed by atoms with E-state index in [1.54, 1.807) is 10.8 Å². The molecule has 0 fully saturated rings. The summed E-state index contributed by atoms with van der Waals surface area (Å²) in [4.78, 5) is 48.5. The molecular weight excluding hydrogens is 641 g/mol. The number of nitrogens with one attached hydrogen (secondary N) is 2. The van der Waals surface area contributed by atoms with Crippen molar-refractivity contribution in [2.75, 3.05) is 38.4 Å². The fourth-order valence-electron chi connectivity index (χ4n) is 4.93. The van der Waals surface area contributed by atoms with Crippen LogP contribution in [0.3, 0.4) is 0 Å². The Morgan fingerprint density at radius 1 is 0.783 bits per heavy atom. The van der Waals surface area contributed by atoms with Gasteiger partial charge in [-0.2, -0.15) is 0 Å². The van der Waals surface area contributed by atoms with Gasteiger partial charge in [-0.05, 0) is 55.7 Å². The first-order chi connectivity index (χ1) is 22.3. The molecule has 0 heterocycles. The predicted molar refractivity (Wildman–Crippen MR) is 190 cm³/mol. The molecule has 2 atom stereocenters. The van der Waals surface area contributed by atoms with E-state index < -0.39 is 43.1 Å². The third kappa shape index (κ3) is 11.2. The third-order valence-corrected chi connectivity index (χ3v) is 14.4. The number of unbranched alkanes of at least 4 members (excludes halogenated alkanes) is 1. The number of amides is 2. The van der Waals surface area contributed by atoms with Gasteiger partial charge >= 0.3 is 11.9 Å². The number of methoxy groups -OCH3 is 2. The van der Waals surface area contributed by atoms with E-state index in [-0.39, 0.29) is 19.4 Å². The van der Waals surface area contributed by atoms with Gasteiger partial charge in [0.1, 0.15) is 41.8 Å². The zero-order valence-electron chi connectivity index (χ0n) is 26.3. The molecule has 246 valence electrons. The molecule has 0 aliphatic carbocycles. The Labute approximate surface area is 279 Å². The zero-order valence-corrected chi connectivity index (χ0v) is 28.8. The highest BCUT2D eigenvalue weighted by Gasteiger charge is 2.44. The Bertz CT molecular complexity index is 1290. The fourth-order valence-corrected chi connectivity index (χ4v) is 11.6. The topological polar surface area (TPSA) is 137 Å². The average Bonchev–Trinajstić information content (AvgIpc) is 3.10. The predicted octanol–water partition coefficient (Wildman–Crippen LogP) is 3.20. The molecule has 0 radical (unpaired) electrons. The minimum atomic E-state index is -1.89. The van der Waals surface area contributed by atoms with Crippen LogP contribution in [0.5, 0.6) is 0 Å². The molecule has 0 aliphatic heterocycles. The summed E-state index contributed by atoms with van der Waals surface area (Å²) in [6.45, 7) is -0.304. The zero-order chi connectivity index (χ0) is 33.2. The molecule has 2 unspecified atom stereocenters. The molecule has 4 N–H and O–H groups in total. The van der Waals surface area contributed by atoms with Crippen LogP contribution < -0.4 is 32.3 Å². The number of hydrogen-bond donors (Lipinski definition) is 3. The lowest BCUT2D eigenvalue weighted by Crippen LogP contribution is -2.49. The molecule has 3 aromatic carbocycles. The first-order valence-corrected chi connectivity index (χ1v) is 19.5. The summed E-state index contributed by atoms with van der Waals surface area (Å²) >= 11 is 0. The molecule has 0 aliphatic rings. The van der Waals surface area contributed by atoms with E-state index in [1.165, 1.54) is 40.9 Å². The van der Waals surface area contributed by atoms with Gasteiger partial charge in [-0.25, -0.2) is 0 Å². The Hall–Kier alpha value is -3.37. The standard InChI is InChI=1S/C34H42N3O6PS2/c1-42-32(39)24-36-33(40)30(37-31(38)21-20-29(35)34(41)43-2)25-46-45-23-13-12-22-44(26-14-6-3-7-15-26,27-16-8-4-9-17-27)28-18-10-5-11-19-28/h3-11,14-19,29-30H,12-13,20-25,35H2,1-2H3,(H-,36,37,38,40)/p+1. The Morgan fingerprint density at radius 2 is 1.33 bits per heavy atom. The highest BCUT2D eigenvalue weighted by molar-refractivity contribution is 8.76. The van der Waals surface area contributed by atoms with Gasteiger partial charge in [-0.3, -0.25) is 19.2 Å². The molecule has 0 spiro atoms. The molecule has 12 heteroatoms. The van der Waals surface area contributed by atoms with Gasteiger partial charge in [0, 0.05) is 17.9 Å². The van der Waals surface area contributed by atoms with Crippen molar-refractivity contribution in [2.24, 2.45) is 5.73 Å². The van der Waals surface area contributed by atoms with E-state index in [4.69, 9.17) is 5.73 Å². The van der Waals surface area contributed by atoms with Crippen molar-refractivity contribution in [1.82, 2.24) is 10.6 Å². The SMILES string of the molecule is COC(=O)CNC(=O)C(CSSCCCC[P+](c1ccccc1)(c1ccccc1)c1ccccc1)NC(=O)CCC(N)C(=O)OC. The normalized spacial score (nSPS) is 12.4. The van der Waals surface area contributed by atoms with Crippen molar-refractivity contribution in [3.8, 4) is 0 Å². The van der Waals surface area contributed by atoms with Crippen LogP contribution in [0.25, 0.3) is 0 Å². The number of benzene rings is 3. The molecule has 3 rings (SSSR count). The molecule has 2 amide bonds. The van der Waals surface area contributed by atoms with Crippen molar-refractivity contribution in [2.45, 2.75) is 37.8 Å². The number of esters is 2. The molecule has 46 heavy (non-hydrogen) atoms. The molecule has 0 saturated heterocycles. The van der Waals surface area contributed by atoms with Crippen molar-refractivity contribution in [3.63, 3.8) is 0 Å². The number of carbonyl (C=O) groups excluding carboxylic acids is 4. The van der Waals surface area contributed by atoms with Gasteiger partial charge in [0.2, 0.25) is 11.8 Å². The van der Waals surface area contributed by atoms with Crippen LogP contribution in [0.2, 0.25) is 0 Å². The van der Waals surface area contributed by atoms with E-state index in [1.807, 2.05) is 0 Å². The lowest BCUT2D eigenvalue weighted by atomic mass is 10.1. The van der Waals surface area contributed by atoms with Gasteiger partial charge in [-0.15, -0.1) is 0 Å². The average molecular weight is 685 g/mol. The number of nitrogens with two attached hydrogens (primary N) is 1.